The molecule has 2 atom stereocenters. The highest BCUT2D eigenvalue weighted by molar-refractivity contribution is 5.83. The van der Waals surface area contributed by atoms with Crippen LogP contribution in [-0.2, 0) is 11.3 Å². The minimum absolute atomic E-state index is 0.265. The highest BCUT2D eigenvalue weighted by Gasteiger charge is 2.29. The minimum atomic E-state index is 0.265. The van der Waals surface area contributed by atoms with E-state index in [2.05, 4.69) is 18.3 Å². The third kappa shape index (κ3) is 3.82. The minimum Gasteiger partial charge on any atom is -0.493 e. The van der Waals surface area contributed by atoms with Crippen LogP contribution in [0.25, 0.3) is 11.0 Å². The van der Waals surface area contributed by atoms with Gasteiger partial charge in [0.05, 0.1) is 13.7 Å². The standard InChI is InChI=1S/C20H28N2O3/c1-4-14-13-22(19(23)5-2)10-9-17(14)21-12-16-11-15-7-6-8-18(24-3)20(15)25-16/h6-8,11,14,17,21H,4-5,9-10,12-13H2,1-3H3. The molecule has 0 aliphatic carbocycles. The fourth-order valence-corrected chi connectivity index (χ4v) is 3.73. The van der Waals surface area contributed by atoms with Gasteiger partial charge >= 0.3 is 0 Å². The number of methoxy groups -OCH3 is 1. The van der Waals surface area contributed by atoms with Crippen molar-refractivity contribution in [1.82, 2.24) is 10.2 Å². The van der Waals surface area contributed by atoms with E-state index in [9.17, 15) is 4.79 Å². The van der Waals surface area contributed by atoms with Crippen LogP contribution in [0.1, 0.15) is 38.9 Å². The molecule has 0 saturated carbocycles. The number of nitrogens with one attached hydrogen (secondary N) is 1. The van der Waals surface area contributed by atoms with E-state index in [4.69, 9.17) is 9.15 Å². The molecule has 2 heterocycles. The summed E-state index contributed by atoms with van der Waals surface area (Å²) in [6.07, 6.45) is 2.66. The van der Waals surface area contributed by atoms with E-state index in [0.29, 0.717) is 24.9 Å². The number of carbonyl (C=O) groups is 1. The predicted octanol–water partition coefficient (Wildman–Crippen LogP) is 3.57. The molecule has 25 heavy (non-hydrogen) atoms. The first-order chi connectivity index (χ1) is 12.2. The molecular formula is C20H28N2O3. The number of nitrogens with zero attached hydrogens (tertiary/aromatic N) is 1. The summed E-state index contributed by atoms with van der Waals surface area (Å²) in [7, 11) is 1.66. The smallest absolute Gasteiger partial charge is 0.222 e. The fraction of sp³-hybridized carbons (Fsp3) is 0.550. The lowest BCUT2D eigenvalue weighted by molar-refractivity contribution is -0.133. The SMILES string of the molecule is CCC(=O)N1CCC(NCc2cc3cccc(OC)c3o2)C(CC)C1. The number of para-hydroxylation sites is 1. The van der Waals surface area contributed by atoms with Crippen LogP contribution in [0.3, 0.4) is 0 Å². The van der Waals surface area contributed by atoms with Gasteiger partial charge in [-0.3, -0.25) is 4.79 Å². The molecular weight excluding hydrogens is 316 g/mol. The van der Waals surface area contributed by atoms with E-state index in [1.807, 2.05) is 30.0 Å². The van der Waals surface area contributed by atoms with Gasteiger partial charge in [-0.2, -0.15) is 0 Å². The van der Waals surface area contributed by atoms with Crippen LogP contribution >= 0.6 is 0 Å². The van der Waals surface area contributed by atoms with E-state index in [-0.39, 0.29) is 5.91 Å². The van der Waals surface area contributed by atoms with E-state index < -0.39 is 0 Å². The normalized spacial score (nSPS) is 20.8. The summed E-state index contributed by atoms with van der Waals surface area (Å²) in [5.74, 6) is 2.44. The van der Waals surface area contributed by atoms with Gasteiger partial charge in [-0.25, -0.2) is 0 Å². The number of furan rings is 1. The van der Waals surface area contributed by atoms with E-state index in [0.717, 1.165) is 48.4 Å². The van der Waals surface area contributed by atoms with Crippen LogP contribution in [-0.4, -0.2) is 37.0 Å². The highest BCUT2D eigenvalue weighted by atomic mass is 16.5. The maximum atomic E-state index is 12.0. The van der Waals surface area contributed by atoms with Gasteiger partial charge in [0.1, 0.15) is 5.76 Å². The van der Waals surface area contributed by atoms with Crippen LogP contribution in [0.2, 0.25) is 0 Å². The van der Waals surface area contributed by atoms with Crippen molar-refractivity contribution >= 4 is 16.9 Å². The quantitative estimate of drug-likeness (QED) is 0.870. The number of rotatable bonds is 6. The molecule has 1 N–H and O–H groups in total. The van der Waals surface area contributed by atoms with Crippen molar-refractivity contribution in [2.24, 2.45) is 5.92 Å². The van der Waals surface area contributed by atoms with E-state index >= 15 is 0 Å². The summed E-state index contributed by atoms with van der Waals surface area (Å²) in [5.41, 5.74) is 0.803. The maximum Gasteiger partial charge on any atom is 0.222 e. The number of benzene rings is 1. The van der Waals surface area contributed by atoms with Gasteiger partial charge in [-0.15, -0.1) is 0 Å². The molecule has 2 aromatic rings. The van der Waals surface area contributed by atoms with Crippen molar-refractivity contribution < 1.29 is 13.9 Å². The molecule has 5 nitrogen and oxygen atoms in total. The molecule has 1 aromatic carbocycles. The second kappa shape index (κ2) is 7.91. The number of carbonyl (C=O) groups excluding carboxylic acids is 1. The largest absolute Gasteiger partial charge is 0.493 e. The van der Waals surface area contributed by atoms with Gasteiger partial charge in [0.15, 0.2) is 11.3 Å². The highest BCUT2D eigenvalue weighted by Crippen LogP contribution is 2.29. The molecule has 0 spiro atoms. The predicted molar refractivity (Wildman–Crippen MR) is 98.7 cm³/mol. The Kier molecular flexibility index (Phi) is 5.63. The lowest BCUT2D eigenvalue weighted by Crippen LogP contribution is -2.50. The van der Waals surface area contributed by atoms with Crippen LogP contribution in [0.4, 0.5) is 0 Å². The average Bonchev–Trinajstić information content (AvgIpc) is 3.08. The van der Waals surface area contributed by atoms with Crippen LogP contribution in [0.15, 0.2) is 28.7 Å². The second-order valence-corrected chi connectivity index (χ2v) is 6.73. The Bertz CT molecular complexity index is 725. The van der Waals surface area contributed by atoms with Gasteiger partial charge in [0.25, 0.3) is 0 Å². The topological polar surface area (TPSA) is 54.7 Å². The number of piperidine rings is 1. The summed E-state index contributed by atoms with van der Waals surface area (Å²) in [6.45, 7) is 6.53. The lowest BCUT2D eigenvalue weighted by Gasteiger charge is -2.38. The monoisotopic (exact) mass is 344 g/mol. The summed E-state index contributed by atoms with van der Waals surface area (Å²) < 4.78 is 11.3. The zero-order valence-corrected chi connectivity index (χ0v) is 15.4. The van der Waals surface area contributed by atoms with Crippen LogP contribution < -0.4 is 10.1 Å². The maximum absolute atomic E-state index is 12.0. The average molecular weight is 344 g/mol. The fourth-order valence-electron chi connectivity index (χ4n) is 3.73. The van der Waals surface area contributed by atoms with Gasteiger partial charge in [0, 0.05) is 30.9 Å². The van der Waals surface area contributed by atoms with Crippen molar-refractivity contribution in [3.63, 3.8) is 0 Å². The summed E-state index contributed by atoms with van der Waals surface area (Å²) in [6, 6.07) is 8.41. The number of fused-ring (bicyclic) bond motifs is 1. The Morgan fingerprint density at radius 3 is 2.96 bits per heavy atom. The summed E-state index contributed by atoms with van der Waals surface area (Å²) in [4.78, 5) is 14.0. The zero-order valence-electron chi connectivity index (χ0n) is 15.4. The van der Waals surface area contributed by atoms with Crippen molar-refractivity contribution in [3.8, 4) is 5.75 Å². The molecule has 2 unspecified atom stereocenters. The molecule has 1 saturated heterocycles. The zero-order chi connectivity index (χ0) is 17.8. The van der Waals surface area contributed by atoms with Crippen molar-refractivity contribution in [1.29, 1.82) is 0 Å². The Morgan fingerprint density at radius 2 is 2.24 bits per heavy atom. The second-order valence-electron chi connectivity index (χ2n) is 6.73. The van der Waals surface area contributed by atoms with Gasteiger partial charge in [0.2, 0.25) is 5.91 Å². The number of ether oxygens (including phenoxy) is 1. The first-order valence-electron chi connectivity index (χ1n) is 9.22. The molecule has 1 aliphatic heterocycles. The molecule has 3 rings (SSSR count). The molecule has 0 bridgehead atoms. The lowest BCUT2D eigenvalue weighted by atomic mass is 9.89. The van der Waals surface area contributed by atoms with Gasteiger partial charge in [-0.05, 0) is 24.5 Å². The van der Waals surface area contributed by atoms with Crippen LogP contribution in [0, 0.1) is 5.92 Å². The first-order valence-corrected chi connectivity index (χ1v) is 9.22. The third-order valence-electron chi connectivity index (χ3n) is 5.23. The number of likely N-dealkylation sites (tertiary alicyclic amines) is 1. The Hall–Kier alpha value is -2.01. The van der Waals surface area contributed by atoms with Crippen molar-refractivity contribution in [2.45, 2.75) is 45.7 Å². The molecule has 1 aromatic heterocycles. The molecule has 1 aliphatic rings. The first kappa shape index (κ1) is 17.8. The van der Waals surface area contributed by atoms with E-state index in [1.54, 1.807) is 7.11 Å². The molecule has 1 amide bonds. The van der Waals surface area contributed by atoms with E-state index in [1.165, 1.54) is 0 Å². The molecule has 5 heteroatoms. The molecule has 1 fully saturated rings. The van der Waals surface area contributed by atoms with Gasteiger partial charge < -0.3 is 19.4 Å². The number of hydrogen-bond acceptors (Lipinski definition) is 4. The van der Waals surface area contributed by atoms with Gasteiger partial charge in [-0.1, -0.05) is 32.4 Å². The summed E-state index contributed by atoms with van der Waals surface area (Å²) >= 11 is 0. The number of hydrogen-bond donors (Lipinski definition) is 1. The Labute approximate surface area is 149 Å². The molecule has 136 valence electrons. The third-order valence-corrected chi connectivity index (χ3v) is 5.23. The van der Waals surface area contributed by atoms with Crippen molar-refractivity contribution in [3.05, 3.63) is 30.0 Å². The Morgan fingerprint density at radius 1 is 1.40 bits per heavy atom. The van der Waals surface area contributed by atoms with Crippen LogP contribution in [0.5, 0.6) is 5.75 Å². The number of amides is 1. The molecule has 0 radical (unpaired) electrons. The van der Waals surface area contributed by atoms with Crippen molar-refractivity contribution in [2.75, 3.05) is 20.2 Å². The Balaban J connectivity index is 1.64. The summed E-state index contributed by atoms with van der Waals surface area (Å²) in [5, 5.41) is 4.70.